The Morgan fingerprint density at radius 3 is 2.79 bits per heavy atom. The van der Waals surface area contributed by atoms with E-state index < -0.39 is 0 Å². The van der Waals surface area contributed by atoms with E-state index in [2.05, 4.69) is 17.2 Å². The summed E-state index contributed by atoms with van der Waals surface area (Å²) in [4.78, 5) is 17.7. The molecular weight excluding hydrogens is 322 g/mol. The molecule has 0 unspecified atom stereocenters. The second kappa shape index (κ2) is 7.05. The number of nitrogens with zero attached hydrogens (tertiary/aromatic N) is 2. The number of nitrogens with one attached hydrogen (secondary N) is 1. The molecule has 3 rings (SSSR count). The molecule has 1 N–H and O–H groups in total. The predicted octanol–water partition coefficient (Wildman–Crippen LogP) is 3.53. The molecule has 0 saturated heterocycles. The first-order valence-electron chi connectivity index (χ1n) is 8.00. The van der Waals surface area contributed by atoms with E-state index in [4.69, 9.17) is 4.74 Å². The number of hydrogen-bond donors (Lipinski definition) is 1. The van der Waals surface area contributed by atoms with E-state index in [-0.39, 0.29) is 11.9 Å². The summed E-state index contributed by atoms with van der Waals surface area (Å²) in [6.07, 6.45) is 3.28. The second-order valence-corrected chi connectivity index (χ2v) is 6.62. The maximum atomic E-state index is 12.1. The van der Waals surface area contributed by atoms with E-state index in [0.29, 0.717) is 6.42 Å². The van der Waals surface area contributed by atoms with Gasteiger partial charge in [0.15, 0.2) is 4.96 Å². The molecule has 0 aliphatic heterocycles. The first-order valence-corrected chi connectivity index (χ1v) is 8.88. The Balaban J connectivity index is 1.81. The molecule has 0 aliphatic carbocycles. The molecule has 5 nitrogen and oxygen atoms in total. The number of ether oxygens (including phenoxy) is 1. The van der Waals surface area contributed by atoms with Crippen LogP contribution in [0.3, 0.4) is 0 Å². The lowest BCUT2D eigenvalue weighted by Crippen LogP contribution is -2.33. The van der Waals surface area contributed by atoms with Gasteiger partial charge in [0.05, 0.1) is 19.2 Å². The molecule has 2 aromatic heterocycles. The Kier molecular flexibility index (Phi) is 4.85. The van der Waals surface area contributed by atoms with Crippen LogP contribution in [-0.4, -0.2) is 28.4 Å². The number of thiazole rings is 1. The number of imidazole rings is 1. The van der Waals surface area contributed by atoms with Crippen molar-refractivity contribution in [2.24, 2.45) is 0 Å². The van der Waals surface area contributed by atoms with Crippen LogP contribution in [0.2, 0.25) is 0 Å². The van der Waals surface area contributed by atoms with Crippen LogP contribution in [0.15, 0.2) is 35.8 Å². The zero-order valence-corrected chi connectivity index (χ0v) is 14.9. The third-order valence-electron chi connectivity index (χ3n) is 4.03. The zero-order chi connectivity index (χ0) is 17.1. The van der Waals surface area contributed by atoms with E-state index in [1.807, 2.05) is 47.2 Å². The molecule has 2 heterocycles. The van der Waals surface area contributed by atoms with Gasteiger partial charge in [0.1, 0.15) is 5.75 Å². The number of aromatic nitrogens is 2. The van der Waals surface area contributed by atoms with Crippen molar-refractivity contribution in [3.8, 4) is 17.0 Å². The molecule has 24 heavy (non-hydrogen) atoms. The SMILES string of the molecule is CC[C@@H](C)NC(=O)Cc1csc2nc(-c3ccc(OC)cc3)cn12. The highest BCUT2D eigenvalue weighted by Gasteiger charge is 2.13. The molecule has 6 heteroatoms. The quantitative estimate of drug-likeness (QED) is 0.745. The Morgan fingerprint density at radius 2 is 2.12 bits per heavy atom. The van der Waals surface area contributed by atoms with Gasteiger partial charge >= 0.3 is 0 Å². The van der Waals surface area contributed by atoms with Crippen LogP contribution in [0.4, 0.5) is 0 Å². The molecule has 3 aromatic rings. The summed E-state index contributed by atoms with van der Waals surface area (Å²) in [7, 11) is 1.65. The molecule has 1 aromatic carbocycles. The highest BCUT2D eigenvalue weighted by Crippen LogP contribution is 2.25. The van der Waals surface area contributed by atoms with Gasteiger partial charge in [-0.05, 0) is 37.6 Å². The molecule has 0 saturated carbocycles. The van der Waals surface area contributed by atoms with Gasteiger partial charge in [0, 0.05) is 28.9 Å². The average molecular weight is 343 g/mol. The van der Waals surface area contributed by atoms with E-state index >= 15 is 0 Å². The van der Waals surface area contributed by atoms with Gasteiger partial charge < -0.3 is 10.1 Å². The van der Waals surface area contributed by atoms with Crippen LogP contribution in [0.25, 0.3) is 16.2 Å². The van der Waals surface area contributed by atoms with Crippen molar-refractivity contribution in [1.82, 2.24) is 14.7 Å². The summed E-state index contributed by atoms with van der Waals surface area (Å²) in [5.74, 6) is 0.867. The Labute approximate surface area is 145 Å². The molecule has 0 spiro atoms. The Hall–Kier alpha value is -2.34. The van der Waals surface area contributed by atoms with Crippen molar-refractivity contribution in [3.63, 3.8) is 0 Å². The summed E-state index contributed by atoms with van der Waals surface area (Å²) in [5, 5.41) is 5.00. The average Bonchev–Trinajstić information content (AvgIpc) is 3.17. The first-order chi connectivity index (χ1) is 11.6. The number of fused-ring (bicyclic) bond motifs is 1. The van der Waals surface area contributed by atoms with E-state index in [9.17, 15) is 4.79 Å². The number of carbonyl (C=O) groups excluding carboxylic acids is 1. The van der Waals surface area contributed by atoms with Crippen LogP contribution in [0.5, 0.6) is 5.75 Å². The van der Waals surface area contributed by atoms with E-state index in [1.54, 1.807) is 18.4 Å². The number of methoxy groups -OCH3 is 1. The number of benzene rings is 1. The Bertz CT molecular complexity index is 836. The van der Waals surface area contributed by atoms with Gasteiger partial charge in [-0.25, -0.2) is 4.98 Å². The summed E-state index contributed by atoms with van der Waals surface area (Å²) < 4.78 is 7.19. The molecule has 0 radical (unpaired) electrons. The molecule has 0 bridgehead atoms. The fourth-order valence-electron chi connectivity index (χ4n) is 2.45. The number of hydrogen-bond acceptors (Lipinski definition) is 4. The van der Waals surface area contributed by atoms with Crippen molar-refractivity contribution >= 4 is 22.2 Å². The number of rotatable bonds is 6. The fraction of sp³-hybridized carbons (Fsp3) is 0.333. The van der Waals surface area contributed by atoms with Crippen molar-refractivity contribution in [3.05, 3.63) is 41.5 Å². The van der Waals surface area contributed by atoms with Gasteiger partial charge in [-0.15, -0.1) is 11.3 Å². The molecule has 126 valence electrons. The maximum absolute atomic E-state index is 12.1. The van der Waals surface area contributed by atoms with Gasteiger partial charge in [-0.1, -0.05) is 6.92 Å². The van der Waals surface area contributed by atoms with Gasteiger partial charge in [-0.3, -0.25) is 9.20 Å². The van der Waals surface area contributed by atoms with Crippen molar-refractivity contribution < 1.29 is 9.53 Å². The molecule has 1 amide bonds. The highest BCUT2D eigenvalue weighted by molar-refractivity contribution is 7.15. The summed E-state index contributed by atoms with van der Waals surface area (Å²) in [6.45, 7) is 4.07. The van der Waals surface area contributed by atoms with Crippen LogP contribution in [0, 0.1) is 0 Å². The monoisotopic (exact) mass is 343 g/mol. The molecular formula is C18H21N3O2S. The smallest absolute Gasteiger partial charge is 0.226 e. The third-order valence-corrected chi connectivity index (χ3v) is 4.92. The van der Waals surface area contributed by atoms with Crippen LogP contribution in [0.1, 0.15) is 26.0 Å². The van der Waals surface area contributed by atoms with Gasteiger partial charge in [-0.2, -0.15) is 0 Å². The van der Waals surface area contributed by atoms with Gasteiger partial charge in [0.2, 0.25) is 5.91 Å². The summed E-state index contributed by atoms with van der Waals surface area (Å²) in [5.41, 5.74) is 2.89. The predicted molar refractivity (Wildman–Crippen MR) is 96.7 cm³/mol. The first kappa shape index (κ1) is 16.5. The maximum Gasteiger partial charge on any atom is 0.226 e. The largest absolute Gasteiger partial charge is 0.497 e. The van der Waals surface area contributed by atoms with Crippen LogP contribution < -0.4 is 10.1 Å². The van der Waals surface area contributed by atoms with Crippen LogP contribution in [-0.2, 0) is 11.2 Å². The van der Waals surface area contributed by atoms with Gasteiger partial charge in [0.25, 0.3) is 0 Å². The standard InChI is InChI=1S/C18H21N3O2S/c1-4-12(2)19-17(22)9-14-11-24-18-20-16(10-21(14)18)13-5-7-15(23-3)8-6-13/h5-8,10-12H,4,9H2,1-3H3,(H,19,22)/t12-/m1/s1. The normalized spacial score (nSPS) is 12.3. The molecule has 0 fully saturated rings. The number of amides is 1. The minimum atomic E-state index is 0.0451. The molecule has 0 aliphatic rings. The van der Waals surface area contributed by atoms with E-state index in [1.165, 1.54) is 0 Å². The van der Waals surface area contributed by atoms with E-state index in [0.717, 1.165) is 34.1 Å². The fourth-order valence-corrected chi connectivity index (χ4v) is 3.32. The summed E-state index contributed by atoms with van der Waals surface area (Å²) >= 11 is 1.55. The lowest BCUT2D eigenvalue weighted by Gasteiger charge is -2.10. The zero-order valence-electron chi connectivity index (χ0n) is 14.1. The lowest BCUT2D eigenvalue weighted by molar-refractivity contribution is -0.121. The highest BCUT2D eigenvalue weighted by atomic mass is 32.1. The van der Waals surface area contributed by atoms with Crippen LogP contribution >= 0.6 is 11.3 Å². The third kappa shape index (κ3) is 3.43. The van der Waals surface area contributed by atoms with Crippen molar-refractivity contribution in [2.45, 2.75) is 32.7 Å². The van der Waals surface area contributed by atoms with Crippen molar-refractivity contribution in [2.75, 3.05) is 7.11 Å². The topological polar surface area (TPSA) is 55.6 Å². The lowest BCUT2D eigenvalue weighted by atomic mass is 10.1. The Morgan fingerprint density at radius 1 is 1.38 bits per heavy atom. The minimum Gasteiger partial charge on any atom is -0.497 e. The van der Waals surface area contributed by atoms with Crippen molar-refractivity contribution in [1.29, 1.82) is 0 Å². The second-order valence-electron chi connectivity index (χ2n) is 5.79. The number of carbonyl (C=O) groups is 1. The molecule has 1 atom stereocenters. The summed E-state index contributed by atoms with van der Waals surface area (Å²) in [6, 6.07) is 8.01. The minimum absolute atomic E-state index is 0.0451.